The first-order valence-electron chi connectivity index (χ1n) is 9.47. The number of nitrogens with zero attached hydrogens (tertiary/aromatic N) is 2. The second-order valence-electron chi connectivity index (χ2n) is 7.12. The lowest BCUT2D eigenvalue weighted by Crippen LogP contribution is -2.40. The van der Waals surface area contributed by atoms with E-state index in [4.69, 9.17) is 9.15 Å². The molecule has 0 aliphatic carbocycles. The van der Waals surface area contributed by atoms with Crippen LogP contribution in [0.1, 0.15) is 40.6 Å². The fraction of sp³-hybridized carbons (Fsp3) is 0.318. The molecular formula is C22H22N2O4. The summed E-state index contributed by atoms with van der Waals surface area (Å²) in [6.07, 6.45) is 1.56. The van der Waals surface area contributed by atoms with Crippen molar-refractivity contribution in [3.05, 3.63) is 65.5 Å². The van der Waals surface area contributed by atoms with E-state index in [9.17, 15) is 9.59 Å². The number of aromatic nitrogens is 1. The van der Waals surface area contributed by atoms with E-state index in [-0.39, 0.29) is 18.4 Å². The van der Waals surface area contributed by atoms with Gasteiger partial charge in [-0.05, 0) is 44.0 Å². The number of likely N-dealkylation sites (tertiary alicyclic amines) is 1. The van der Waals surface area contributed by atoms with Crippen molar-refractivity contribution in [2.24, 2.45) is 0 Å². The van der Waals surface area contributed by atoms with Crippen LogP contribution in [0.5, 0.6) is 0 Å². The number of amides is 1. The van der Waals surface area contributed by atoms with Crippen molar-refractivity contribution in [2.75, 3.05) is 19.7 Å². The maximum atomic E-state index is 12.4. The molecule has 0 atom stereocenters. The van der Waals surface area contributed by atoms with Crippen molar-refractivity contribution in [1.82, 2.24) is 9.88 Å². The smallest absolute Gasteiger partial charge is 0.338 e. The third-order valence-electron chi connectivity index (χ3n) is 5.09. The zero-order valence-corrected chi connectivity index (χ0v) is 15.8. The van der Waals surface area contributed by atoms with Crippen LogP contribution in [0, 0.1) is 6.92 Å². The first-order valence-corrected chi connectivity index (χ1v) is 9.47. The predicted octanol–water partition coefficient (Wildman–Crippen LogP) is 3.70. The molecule has 1 aliphatic heterocycles. The van der Waals surface area contributed by atoms with Gasteiger partial charge in [-0.25, -0.2) is 9.78 Å². The Morgan fingerprint density at radius 2 is 1.93 bits per heavy atom. The van der Waals surface area contributed by atoms with Gasteiger partial charge in [0.2, 0.25) is 0 Å². The zero-order valence-electron chi connectivity index (χ0n) is 15.8. The largest absolute Gasteiger partial charge is 0.452 e. The molecule has 0 N–H and O–H groups in total. The average molecular weight is 378 g/mol. The summed E-state index contributed by atoms with van der Waals surface area (Å²) in [5.74, 6) is 0.292. The molecule has 6 nitrogen and oxygen atoms in total. The minimum Gasteiger partial charge on any atom is -0.452 e. The van der Waals surface area contributed by atoms with Gasteiger partial charge in [-0.3, -0.25) is 4.79 Å². The van der Waals surface area contributed by atoms with Crippen molar-refractivity contribution in [3.63, 3.8) is 0 Å². The molecule has 2 heterocycles. The van der Waals surface area contributed by atoms with Crippen LogP contribution in [0.3, 0.4) is 0 Å². The lowest BCUT2D eigenvalue weighted by molar-refractivity contribution is -0.135. The van der Waals surface area contributed by atoms with Crippen LogP contribution in [-0.4, -0.2) is 41.5 Å². The molecule has 6 heteroatoms. The van der Waals surface area contributed by atoms with Gasteiger partial charge in [0.25, 0.3) is 5.91 Å². The van der Waals surface area contributed by atoms with Crippen molar-refractivity contribution >= 4 is 23.0 Å². The number of carbonyl (C=O) groups excluding carboxylic acids is 2. The lowest BCUT2D eigenvalue weighted by Gasteiger charge is -2.30. The monoisotopic (exact) mass is 378 g/mol. The standard InChI is InChI=1S/C22H22N2O4/c1-15-5-4-6-17(13-15)22(26)27-14-20(25)24-11-9-16(10-12-24)21-23-18-7-2-3-8-19(18)28-21/h2-8,13,16H,9-12,14H2,1H3. The third kappa shape index (κ3) is 3.91. The molecule has 28 heavy (non-hydrogen) atoms. The van der Waals surface area contributed by atoms with Gasteiger partial charge in [0.1, 0.15) is 5.52 Å². The van der Waals surface area contributed by atoms with Gasteiger partial charge in [0.15, 0.2) is 18.1 Å². The predicted molar refractivity (Wildman–Crippen MR) is 104 cm³/mol. The quantitative estimate of drug-likeness (QED) is 0.647. The van der Waals surface area contributed by atoms with Crippen molar-refractivity contribution < 1.29 is 18.7 Å². The van der Waals surface area contributed by atoms with Gasteiger partial charge in [-0.1, -0.05) is 29.8 Å². The Morgan fingerprint density at radius 3 is 2.68 bits per heavy atom. The summed E-state index contributed by atoms with van der Waals surface area (Å²) < 4.78 is 11.0. The Balaban J connectivity index is 1.29. The molecule has 0 spiro atoms. The van der Waals surface area contributed by atoms with Gasteiger partial charge >= 0.3 is 5.97 Å². The van der Waals surface area contributed by atoms with Gasteiger partial charge < -0.3 is 14.1 Å². The Bertz CT molecular complexity index is 969. The number of piperidine rings is 1. The highest BCUT2D eigenvalue weighted by Crippen LogP contribution is 2.29. The van der Waals surface area contributed by atoms with Crippen LogP contribution >= 0.6 is 0 Å². The number of para-hydroxylation sites is 2. The number of benzene rings is 2. The van der Waals surface area contributed by atoms with Crippen molar-refractivity contribution in [2.45, 2.75) is 25.7 Å². The molecule has 144 valence electrons. The number of oxazole rings is 1. The first-order chi connectivity index (χ1) is 13.6. The van der Waals surface area contributed by atoms with Crippen molar-refractivity contribution in [3.8, 4) is 0 Å². The minimum absolute atomic E-state index is 0.169. The van der Waals surface area contributed by atoms with E-state index in [0.29, 0.717) is 18.7 Å². The molecule has 3 aromatic rings. The minimum atomic E-state index is -0.474. The van der Waals surface area contributed by atoms with Crippen molar-refractivity contribution in [1.29, 1.82) is 0 Å². The number of hydrogen-bond donors (Lipinski definition) is 0. The summed E-state index contributed by atoms with van der Waals surface area (Å²) in [6, 6.07) is 14.8. The highest BCUT2D eigenvalue weighted by molar-refractivity contribution is 5.91. The average Bonchev–Trinajstić information content (AvgIpc) is 3.16. The van der Waals surface area contributed by atoms with Crippen LogP contribution in [0.15, 0.2) is 52.9 Å². The number of esters is 1. The van der Waals surface area contributed by atoms with E-state index in [1.807, 2.05) is 37.3 Å². The van der Waals surface area contributed by atoms with E-state index in [1.54, 1.807) is 23.1 Å². The van der Waals surface area contributed by atoms with E-state index in [1.165, 1.54) is 0 Å². The molecule has 1 saturated heterocycles. The Hall–Kier alpha value is -3.15. The van der Waals surface area contributed by atoms with E-state index >= 15 is 0 Å². The maximum absolute atomic E-state index is 12.4. The molecule has 1 fully saturated rings. The topological polar surface area (TPSA) is 72.6 Å². The molecule has 1 aliphatic rings. The zero-order chi connectivity index (χ0) is 19.5. The molecule has 0 radical (unpaired) electrons. The van der Waals surface area contributed by atoms with Gasteiger partial charge in [0.05, 0.1) is 5.56 Å². The molecular weight excluding hydrogens is 356 g/mol. The van der Waals surface area contributed by atoms with Crippen LogP contribution in [0.2, 0.25) is 0 Å². The summed E-state index contributed by atoms with van der Waals surface area (Å²) in [4.78, 5) is 30.8. The molecule has 0 saturated carbocycles. The lowest BCUT2D eigenvalue weighted by atomic mass is 9.97. The molecule has 2 aromatic carbocycles. The van der Waals surface area contributed by atoms with Crippen LogP contribution in [0.25, 0.3) is 11.1 Å². The number of aryl methyl sites for hydroxylation is 1. The summed E-state index contributed by atoms with van der Waals surface area (Å²) in [7, 11) is 0. The number of hydrogen-bond acceptors (Lipinski definition) is 5. The fourth-order valence-electron chi connectivity index (χ4n) is 3.51. The van der Waals surface area contributed by atoms with Gasteiger partial charge in [0, 0.05) is 19.0 Å². The van der Waals surface area contributed by atoms with Crippen LogP contribution < -0.4 is 0 Å². The molecule has 4 rings (SSSR count). The second kappa shape index (κ2) is 7.84. The first kappa shape index (κ1) is 18.2. The SMILES string of the molecule is Cc1cccc(C(=O)OCC(=O)N2CCC(c3nc4ccccc4o3)CC2)c1. The summed E-state index contributed by atoms with van der Waals surface area (Å²) in [5, 5.41) is 0. The summed E-state index contributed by atoms with van der Waals surface area (Å²) >= 11 is 0. The molecule has 1 aromatic heterocycles. The molecule has 0 bridgehead atoms. The molecule has 1 amide bonds. The fourth-order valence-corrected chi connectivity index (χ4v) is 3.51. The normalized spacial score (nSPS) is 15.0. The summed E-state index contributed by atoms with van der Waals surface area (Å²) in [5.41, 5.74) is 3.09. The highest BCUT2D eigenvalue weighted by atomic mass is 16.5. The Kier molecular flexibility index (Phi) is 5.10. The maximum Gasteiger partial charge on any atom is 0.338 e. The number of carbonyl (C=O) groups is 2. The Morgan fingerprint density at radius 1 is 1.14 bits per heavy atom. The van der Waals surface area contributed by atoms with E-state index < -0.39 is 5.97 Å². The summed E-state index contributed by atoms with van der Waals surface area (Å²) in [6.45, 7) is 2.87. The van der Waals surface area contributed by atoms with E-state index in [2.05, 4.69) is 4.98 Å². The third-order valence-corrected chi connectivity index (χ3v) is 5.09. The number of fused-ring (bicyclic) bond motifs is 1. The van der Waals surface area contributed by atoms with E-state index in [0.717, 1.165) is 35.4 Å². The van der Waals surface area contributed by atoms with Crippen LogP contribution in [0.4, 0.5) is 0 Å². The Labute approximate surface area is 163 Å². The number of ether oxygens (including phenoxy) is 1. The number of rotatable bonds is 4. The van der Waals surface area contributed by atoms with Crippen LogP contribution in [-0.2, 0) is 9.53 Å². The second-order valence-corrected chi connectivity index (χ2v) is 7.12. The van der Waals surface area contributed by atoms with Gasteiger partial charge in [-0.15, -0.1) is 0 Å². The molecule has 0 unspecified atom stereocenters. The highest BCUT2D eigenvalue weighted by Gasteiger charge is 2.27. The van der Waals surface area contributed by atoms with Gasteiger partial charge in [-0.2, -0.15) is 0 Å².